The number of aromatic nitrogens is 3. The standard InChI is InChI=1S/C25H22N6O2/c26-13-16-6-1-2-8-18(16)24-28-15-21(29-24)25(33)31-22(19-9-3-4-10-23(19)32)12-20(30-31)17-7-5-11-27-14-17/h1-11,14-15,22,32H,12-13,26H2,(H,28,29). The second-order valence-electron chi connectivity index (χ2n) is 7.72. The van der Waals surface area contributed by atoms with E-state index in [1.165, 1.54) is 11.2 Å². The number of nitrogens with one attached hydrogen (secondary N) is 1. The van der Waals surface area contributed by atoms with E-state index in [4.69, 9.17) is 5.73 Å². The summed E-state index contributed by atoms with van der Waals surface area (Å²) >= 11 is 0. The summed E-state index contributed by atoms with van der Waals surface area (Å²) in [5.74, 6) is 0.338. The summed E-state index contributed by atoms with van der Waals surface area (Å²) in [6.45, 7) is 0.362. The summed E-state index contributed by atoms with van der Waals surface area (Å²) in [5.41, 5.74) is 10.1. The fourth-order valence-corrected chi connectivity index (χ4v) is 4.04. The van der Waals surface area contributed by atoms with E-state index in [0.29, 0.717) is 30.0 Å². The molecule has 0 fully saturated rings. The molecule has 1 aliphatic heterocycles. The maximum absolute atomic E-state index is 13.5. The van der Waals surface area contributed by atoms with Crippen LogP contribution in [0.1, 0.15) is 39.6 Å². The van der Waals surface area contributed by atoms with E-state index in [-0.39, 0.29) is 11.7 Å². The lowest BCUT2D eigenvalue weighted by Crippen LogP contribution is -2.27. The lowest BCUT2D eigenvalue weighted by molar-refractivity contribution is 0.0704. The number of aromatic hydroxyl groups is 1. The molecular weight excluding hydrogens is 416 g/mol. The first kappa shape index (κ1) is 20.6. The highest BCUT2D eigenvalue weighted by Crippen LogP contribution is 2.37. The maximum atomic E-state index is 13.5. The topological polar surface area (TPSA) is 120 Å². The molecule has 1 aliphatic rings. The van der Waals surface area contributed by atoms with E-state index >= 15 is 0 Å². The summed E-state index contributed by atoms with van der Waals surface area (Å²) in [6.07, 6.45) is 5.36. The smallest absolute Gasteiger partial charge is 0.292 e. The van der Waals surface area contributed by atoms with E-state index in [0.717, 1.165) is 22.4 Å². The summed E-state index contributed by atoms with van der Waals surface area (Å²) in [5, 5.41) is 16.5. The second kappa shape index (κ2) is 8.68. The molecule has 1 unspecified atom stereocenters. The van der Waals surface area contributed by atoms with Gasteiger partial charge in [-0.3, -0.25) is 9.78 Å². The molecule has 33 heavy (non-hydrogen) atoms. The molecule has 4 aromatic rings. The van der Waals surface area contributed by atoms with Gasteiger partial charge in [-0.25, -0.2) is 9.99 Å². The maximum Gasteiger partial charge on any atom is 0.292 e. The van der Waals surface area contributed by atoms with Crippen molar-refractivity contribution in [2.45, 2.75) is 19.0 Å². The van der Waals surface area contributed by atoms with Gasteiger partial charge in [-0.2, -0.15) is 5.10 Å². The number of imidazole rings is 1. The number of pyridine rings is 1. The number of nitrogens with two attached hydrogens (primary N) is 1. The quantitative estimate of drug-likeness (QED) is 0.439. The van der Waals surface area contributed by atoms with Gasteiger partial charge in [-0.1, -0.05) is 48.5 Å². The van der Waals surface area contributed by atoms with E-state index in [1.54, 1.807) is 30.6 Å². The van der Waals surface area contributed by atoms with Crippen molar-refractivity contribution in [2.75, 3.05) is 0 Å². The Hall–Kier alpha value is -4.30. The molecule has 0 aliphatic carbocycles. The minimum absolute atomic E-state index is 0.116. The molecule has 0 spiro atoms. The molecule has 2 aromatic carbocycles. The molecule has 2 aromatic heterocycles. The fourth-order valence-electron chi connectivity index (χ4n) is 4.04. The van der Waals surface area contributed by atoms with Crippen LogP contribution < -0.4 is 5.73 Å². The number of aromatic amines is 1. The van der Waals surface area contributed by atoms with E-state index in [1.807, 2.05) is 42.5 Å². The molecule has 0 saturated carbocycles. The highest BCUT2D eigenvalue weighted by molar-refractivity contribution is 6.04. The molecule has 164 valence electrons. The molecule has 1 amide bonds. The Bertz CT molecular complexity index is 1330. The van der Waals surface area contributed by atoms with Crippen LogP contribution in [-0.2, 0) is 6.54 Å². The number of para-hydroxylation sites is 1. The van der Waals surface area contributed by atoms with Gasteiger partial charge in [0.1, 0.15) is 17.3 Å². The van der Waals surface area contributed by atoms with Crippen LogP contribution in [0, 0.1) is 0 Å². The minimum atomic E-state index is -0.461. The van der Waals surface area contributed by atoms with Crippen molar-refractivity contribution in [3.63, 3.8) is 0 Å². The number of phenolic OH excluding ortho intramolecular Hbond substituents is 1. The monoisotopic (exact) mass is 438 g/mol. The number of nitrogens with zero attached hydrogens (tertiary/aromatic N) is 4. The third-order valence-corrected chi connectivity index (χ3v) is 5.71. The molecule has 0 radical (unpaired) electrons. The zero-order chi connectivity index (χ0) is 22.8. The van der Waals surface area contributed by atoms with Gasteiger partial charge in [-0.15, -0.1) is 0 Å². The van der Waals surface area contributed by atoms with Crippen LogP contribution in [0.4, 0.5) is 0 Å². The molecule has 0 bridgehead atoms. The number of rotatable bonds is 5. The van der Waals surface area contributed by atoms with Crippen LogP contribution in [-0.4, -0.2) is 36.7 Å². The first-order valence-corrected chi connectivity index (χ1v) is 10.6. The second-order valence-corrected chi connectivity index (χ2v) is 7.72. The Labute approximate surface area is 190 Å². The Morgan fingerprint density at radius 2 is 1.91 bits per heavy atom. The van der Waals surface area contributed by atoms with E-state index in [2.05, 4.69) is 20.1 Å². The summed E-state index contributed by atoms with van der Waals surface area (Å²) in [7, 11) is 0. The van der Waals surface area contributed by atoms with Crippen molar-refractivity contribution >= 4 is 11.6 Å². The summed E-state index contributed by atoms with van der Waals surface area (Å²) in [6, 6.07) is 17.9. The molecule has 5 rings (SSSR count). The third-order valence-electron chi connectivity index (χ3n) is 5.71. The van der Waals surface area contributed by atoms with Crippen molar-refractivity contribution in [3.05, 3.63) is 102 Å². The molecule has 4 N–H and O–H groups in total. The number of carbonyl (C=O) groups is 1. The van der Waals surface area contributed by atoms with Gasteiger partial charge in [0.25, 0.3) is 5.91 Å². The Morgan fingerprint density at radius 1 is 1.09 bits per heavy atom. The SMILES string of the molecule is NCc1ccccc1-c1ncc(C(=O)N2N=C(c3cccnc3)CC2c2ccccc2O)[nH]1. The van der Waals surface area contributed by atoms with Crippen molar-refractivity contribution in [1.29, 1.82) is 0 Å². The van der Waals surface area contributed by atoms with Gasteiger partial charge < -0.3 is 15.8 Å². The fraction of sp³-hybridized carbons (Fsp3) is 0.120. The zero-order valence-electron chi connectivity index (χ0n) is 17.7. The van der Waals surface area contributed by atoms with E-state index < -0.39 is 6.04 Å². The molecule has 0 saturated heterocycles. The Balaban J connectivity index is 1.52. The predicted octanol–water partition coefficient (Wildman–Crippen LogP) is 3.63. The van der Waals surface area contributed by atoms with Crippen LogP contribution in [0.2, 0.25) is 0 Å². The summed E-state index contributed by atoms with van der Waals surface area (Å²) < 4.78 is 0. The zero-order valence-corrected chi connectivity index (χ0v) is 17.7. The van der Waals surface area contributed by atoms with Gasteiger partial charge in [0.05, 0.1) is 18.0 Å². The van der Waals surface area contributed by atoms with Crippen LogP contribution in [0.25, 0.3) is 11.4 Å². The first-order valence-electron chi connectivity index (χ1n) is 10.6. The van der Waals surface area contributed by atoms with Gasteiger partial charge >= 0.3 is 0 Å². The van der Waals surface area contributed by atoms with Gasteiger partial charge in [-0.05, 0) is 17.7 Å². The third kappa shape index (κ3) is 3.88. The largest absolute Gasteiger partial charge is 0.508 e. The number of benzene rings is 2. The molecule has 8 nitrogen and oxygen atoms in total. The van der Waals surface area contributed by atoms with Crippen LogP contribution in [0.3, 0.4) is 0 Å². The van der Waals surface area contributed by atoms with Crippen molar-refractivity contribution in [3.8, 4) is 17.1 Å². The van der Waals surface area contributed by atoms with Gasteiger partial charge in [0.15, 0.2) is 0 Å². The van der Waals surface area contributed by atoms with Crippen molar-refractivity contribution < 1.29 is 9.90 Å². The van der Waals surface area contributed by atoms with Crippen LogP contribution in [0.5, 0.6) is 5.75 Å². The lowest BCUT2D eigenvalue weighted by atomic mass is 9.98. The summed E-state index contributed by atoms with van der Waals surface area (Å²) in [4.78, 5) is 25.2. The number of phenols is 1. The predicted molar refractivity (Wildman–Crippen MR) is 124 cm³/mol. The molecule has 3 heterocycles. The minimum Gasteiger partial charge on any atom is -0.508 e. The van der Waals surface area contributed by atoms with Crippen molar-refractivity contribution in [2.24, 2.45) is 10.8 Å². The average molecular weight is 438 g/mol. The molecular formula is C25H22N6O2. The molecule has 1 atom stereocenters. The van der Waals surface area contributed by atoms with Crippen LogP contribution >= 0.6 is 0 Å². The highest BCUT2D eigenvalue weighted by Gasteiger charge is 2.35. The first-order chi connectivity index (χ1) is 16.2. The van der Waals surface area contributed by atoms with Crippen molar-refractivity contribution in [1.82, 2.24) is 20.0 Å². The van der Waals surface area contributed by atoms with E-state index in [9.17, 15) is 9.90 Å². The average Bonchev–Trinajstić information content (AvgIpc) is 3.53. The number of hydrazone groups is 1. The van der Waals surface area contributed by atoms with Gasteiger partial charge in [0.2, 0.25) is 0 Å². The highest BCUT2D eigenvalue weighted by atomic mass is 16.3. The number of amides is 1. The number of H-pyrrole nitrogens is 1. The molecule has 8 heteroatoms. The number of carbonyl (C=O) groups excluding carboxylic acids is 1. The Kier molecular flexibility index (Phi) is 5.42. The lowest BCUT2D eigenvalue weighted by Gasteiger charge is -2.22. The number of hydrogen-bond acceptors (Lipinski definition) is 6. The Morgan fingerprint density at radius 3 is 2.70 bits per heavy atom. The van der Waals surface area contributed by atoms with Crippen LogP contribution in [0.15, 0.2) is 84.4 Å². The van der Waals surface area contributed by atoms with Gasteiger partial charge in [0, 0.05) is 42.0 Å². The number of hydrogen-bond donors (Lipinski definition) is 3. The normalized spacial score (nSPS) is 15.5.